The van der Waals surface area contributed by atoms with Crippen LogP contribution in [0.5, 0.6) is 0 Å². The van der Waals surface area contributed by atoms with Crippen molar-refractivity contribution in [1.29, 1.82) is 0 Å². The van der Waals surface area contributed by atoms with Crippen LogP contribution in [0.15, 0.2) is 24.8 Å². The minimum atomic E-state index is -0.363. The summed E-state index contributed by atoms with van der Waals surface area (Å²) in [5.74, 6) is -0.508. The highest BCUT2D eigenvalue weighted by Gasteiger charge is 2.58. The van der Waals surface area contributed by atoms with Crippen LogP contribution < -0.4 is 0 Å². The Bertz CT molecular complexity index is 978. The number of methoxy groups -OCH3 is 4. The molecule has 2 saturated heterocycles. The lowest BCUT2D eigenvalue weighted by Gasteiger charge is -2.29. The molecule has 0 radical (unpaired) electrons. The number of thiol groups is 2. The van der Waals surface area contributed by atoms with E-state index in [4.69, 9.17) is 51.9 Å². The summed E-state index contributed by atoms with van der Waals surface area (Å²) < 4.78 is 60.7. The van der Waals surface area contributed by atoms with Crippen molar-refractivity contribution in [2.45, 2.75) is 95.3 Å². The smallest absolute Gasteiger partial charge is 0.380 e. The van der Waals surface area contributed by atoms with Gasteiger partial charge in [-0.15, -0.1) is 24.8 Å². The van der Waals surface area contributed by atoms with Crippen LogP contribution in [0, 0.1) is 11.8 Å². The average molecular weight is 773 g/mol. The van der Waals surface area contributed by atoms with E-state index in [0.29, 0.717) is 19.8 Å². The van der Waals surface area contributed by atoms with Crippen molar-refractivity contribution in [3.63, 3.8) is 0 Å². The summed E-state index contributed by atoms with van der Waals surface area (Å²) in [6, 6.07) is 0. The van der Waals surface area contributed by atoms with Crippen LogP contribution in [-0.2, 0) is 56.7 Å². The number of epoxide rings is 2. The van der Waals surface area contributed by atoms with Gasteiger partial charge in [0, 0.05) is 47.2 Å². The number of hydrogen-bond donors (Lipinski definition) is 2. The maximum atomic E-state index is 10.8. The Labute approximate surface area is 310 Å². The zero-order valence-corrected chi connectivity index (χ0v) is 34.7. The number of rotatable bonds is 26. The van der Waals surface area contributed by atoms with Gasteiger partial charge in [0.1, 0.15) is 37.0 Å². The zero-order chi connectivity index (χ0) is 37.2. The van der Waals surface area contributed by atoms with Crippen molar-refractivity contribution in [3.8, 4) is 0 Å². The summed E-state index contributed by atoms with van der Waals surface area (Å²) in [4.78, 5) is 10.8. The van der Waals surface area contributed by atoms with Gasteiger partial charge in [-0.3, -0.25) is 4.79 Å². The van der Waals surface area contributed by atoms with Gasteiger partial charge in [0.05, 0.1) is 44.2 Å². The maximum Gasteiger partial charge on any atom is 0.380 e. The van der Waals surface area contributed by atoms with E-state index < -0.39 is 0 Å². The molecule has 0 aliphatic carbocycles. The van der Waals surface area contributed by atoms with Gasteiger partial charge in [-0.05, 0) is 26.7 Å². The third kappa shape index (κ3) is 17.3. The van der Waals surface area contributed by atoms with Crippen molar-refractivity contribution in [2.75, 3.05) is 61.8 Å². The average Bonchev–Trinajstić information content (AvgIpc) is 3.95. The molecule has 0 bridgehead atoms. The van der Waals surface area contributed by atoms with Gasteiger partial charge in [0.15, 0.2) is 0 Å². The van der Waals surface area contributed by atoms with E-state index in [2.05, 4.69) is 63.6 Å². The Morgan fingerprint density at radius 1 is 0.878 bits per heavy atom. The molecule has 2 heterocycles. The summed E-state index contributed by atoms with van der Waals surface area (Å²) in [6.07, 6.45) is 6.38. The third-order valence-electron chi connectivity index (χ3n) is 8.28. The van der Waals surface area contributed by atoms with Gasteiger partial charge in [-0.1, -0.05) is 32.1 Å². The second-order valence-corrected chi connectivity index (χ2v) is 15.8. The SMILES string of the molecule is C=C[C@H](OC)[C@@H](OCOC)[C@H](C)[C@H]1O[C@@]1(C)COB(P)S.COCO[C@@H]([C@H](C)[C@H]1O[C@@]1(C)COB(P)S)[C@H](/C=C/CCCOC(C)=O)OC. The summed E-state index contributed by atoms with van der Waals surface area (Å²) >= 11 is 8.39. The summed E-state index contributed by atoms with van der Waals surface area (Å²) in [6.45, 7) is 15.1. The molecule has 0 saturated carbocycles. The first kappa shape index (κ1) is 47.3. The van der Waals surface area contributed by atoms with Gasteiger partial charge >= 0.3 is 17.8 Å². The van der Waals surface area contributed by atoms with Gasteiger partial charge in [-0.25, -0.2) is 0 Å². The predicted molar refractivity (Wildman–Crippen MR) is 206 cm³/mol. The molecule has 2 fully saturated rings. The number of carbonyl (C=O) groups excluding carboxylic acids is 1. The largest absolute Gasteiger partial charge is 0.466 e. The first-order chi connectivity index (χ1) is 23.1. The Morgan fingerprint density at radius 2 is 1.33 bits per heavy atom. The fourth-order valence-electron chi connectivity index (χ4n) is 5.64. The van der Waals surface area contributed by atoms with Gasteiger partial charge in [0.2, 0.25) is 0 Å². The number of ether oxygens (including phenoxy) is 9. The molecule has 2 aliphatic heterocycles. The third-order valence-corrected chi connectivity index (χ3v) is 8.96. The highest BCUT2D eigenvalue weighted by molar-refractivity contribution is 8.23. The summed E-state index contributed by atoms with van der Waals surface area (Å²) in [5, 5.41) is 0. The maximum absolute atomic E-state index is 10.8. The van der Waals surface area contributed by atoms with Crippen molar-refractivity contribution in [3.05, 3.63) is 24.8 Å². The lowest BCUT2D eigenvalue weighted by Crippen LogP contribution is -2.40. The van der Waals surface area contributed by atoms with Gasteiger partial charge < -0.3 is 51.9 Å². The van der Waals surface area contributed by atoms with Crippen molar-refractivity contribution in [1.82, 2.24) is 0 Å². The minimum absolute atomic E-state index is 0.0125. The molecule has 2 aliphatic rings. The standard InChI is InChI=1S/C18H34BO7PS.C13H26BO5PS/c1-13(17-18(3,26-17)11-25-19(27)28)16(24-12-21-4)15(22-5)9-7-6-8-10-23-14(2)20;1-6-10(16-5)11(17-8-15-4)9(2)12-13(3,19-12)7-18-14(20)21/h7,9,13,15-17,28H,6,8,10-12,27H2,1-5H3;6,9-12,21H,1,7-8,20H2,2-5H3/b9-7+;/t13-,15-,16-,17+,18-;9-,10-,11-,12+,13-/m00/s1. The Hall–Kier alpha value is 0.240. The lowest BCUT2D eigenvalue weighted by molar-refractivity contribution is -0.141. The Morgan fingerprint density at radius 3 is 1.69 bits per heavy atom. The van der Waals surface area contributed by atoms with Gasteiger partial charge in [0.25, 0.3) is 0 Å². The van der Waals surface area contributed by atoms with Crippen molar-refractivity contribution < 1.29 is 56.7 Å². The number of esters is 1. The fraction of sp³-hybridized carbons (Fsp3) is 0.839. The first-order valence-electron chi connectivity index (χ1n) is 16.3. The fourth-order valence-corrected chi connectivity index (χ4v) is 5.98. The van der Waals surface area contributed by atoms with Crippen LogP contribution in [0.3, 0.4) is 0 Å². The van der Waals surface area contributed by atoms with Crippen molar-refractivity contribution >= 4 is 61.0 Å². The molecule has 2 unspecified atom stereocenters. The van der Waals surface area contributed by atoms with E-state index in [9.17, 15) is 4.79 Å². The van der Waals surface area contributed by atoms with E-state index >= 15 is 0 Å². The number of unbranched alkanes of at least 4 members (excludes halogenated alkanes) is 1. The summed E-state index contributed by atoms with van der Waals surface area (Å²) in [7, 11) is 11.4. The number of carbonyl (C=O) groups is 1. The molecular weight excluding hydrogens is 712 g/mol. The molecule has 0 aromatic carbocycles. The minimum Gasteiger partial charge on any atom is -0.466 e. The zero-order valence-electron chi connectivity index (χ0n) is 30.6. The molecule has 2 rings (SSSR count). The van der Waals surface area contributed by atoms with E-state index in [0.717, 1.165) is 12.8 Å². The molecule has 0 spiro atoms. The molecule has 284 valence electrons. The van der Waals surface area contributed by atoms with E-state index in [1.807, 2.05) is 26.0 Å². The van der Waals surface area contributed by atoms with Gasteiger partial charge in [-0.2, -0.15) is 25.0 Å². The lowest BCUT2D eigenvalue weighted by atomic mass is 9.90. The van der Waals surface area contributed by atoms with Crippen LogP contribution >= 0.6 is 43.2 Å². The second kappa shape index (κ2) is 24.5. The molecule has 0 amide bonds. The van der Waals surface area contributed by atoms with Crippen LogP contribution in [-0.4, -0.2) is 127 Å². The molecule has 0 aromatic rings. The molecule has 18 heteroatoms. The van der Waals surface area contributed by atoms with Crippen LogP contribution in [0.1, 0.15) is 47.5 Å². The molecule has 49 heavy (non-hydrogen) atoms. The number of hydrogen-bond acceptors (Lipinski definition) is 14. The normalized spacial score (nSPS) is 26.5. The predicted octanol–water partition coefficient (Wildman–Crippen LogP) is 4.27. The molecule has 12 nitrogen and oxygen atoms in total. The first-order valence-corrected chi connectivity index (χ1v) is 18.7. The van der Waals surface area contributed by atoms with Crippen LogP contribution in [0.2, 0.25) is 0 Å². The molecule has 12 atom stereocenters. The Balaban J connectivity index is 0.000000510. The van der Waals surface area contributed by atoms with Crippen LogP contribution in [0.25, 0.3) is 0 Å². The molecular formula is C31H60B2O12P2S2. The quantitative estimate of drug-likeness (QED) is 0.0191. The Kier molecular flexibility index (Phi) is 23.7. The monoisotopic (exact) mass is 772 g/mol. The highest BCUT2D eigenvalue weighted by atomic mass is 32.1. The summed E-state index contributed by atoms with van der Waals surface area (Å²) in [5.41, 5.74) is -0.678. The molecule has 0 aromatic heterocycles. The topological polar surface area (TPSA) is 125 Å². The van der Waals surface area contributed by atoms with Crippen LogP contribution in [0.4, 0.5) is 0 Å². The number of allylic oxidation sites excluding steroid dienone is 1. The van der Waals surface area contributed by atoms with E-state index in [1.54, 1.807) is 34.5 Å². The highest BCUT2D eigenvalue weighted by Crippen LogP contribution is 2.45. The second-order valence-electron chi connectivity index (χ2n) is 12.4. The van der Waals surface area contributed by atoms with Crippen molar-refractivity contribution in [2.24, 2.45) is 11.8 Å². The van der Waals surface area contributed by atoms with E-state index in [-0.39, 0.29) is 91.0 Å². The van der Waals surface area contributed by atoms with E-state index in [1.165, 1.54) is 6.92 Å². The molecule has 0 N–H and O–H groups in total.